The number of aromatic nitrogens is 2. The van der Waals surface area contributed by atoms with Crippen LogP contribution in [0.25, 0.3) is 6.08 Å². The van der Waals surface area contributed by atoms with Crippen LogP contribution in [0.15, 0.2) is 36.7 Å². The second kappa shape index (κ2) is 7.21. The van der Waals surface area contributed by atoms with E-state index in [-0.39, 0.29) is 17.1 Å². The molecule has 0 spiro atoms. The van der Waals surface area contributed by atoms with E-state index in [1.165, 1.54) is 31.4 Å². The Balaban J connectivity index is 1.68. The molecule has 1 fully saturated rings. The van der Waals surface area contributed by atoms with E-state index in [2.05, 4.69) is 14.9 Å². The van der Waals surface area contributed by atoms with E-state index >= 15 is 0 Å². The third-order valence-corrected chi connectivity index (χ3v) is 3.91. The molecule has 24 heavy (non-hydrogen) atoms. The topological polar surface area (TPSA) is 55.3 Å². The van der Waals surface area contributed by atoms with Crippen LogP contribution in [0.3, 0.4) is 0 Å². The smallest absolute Gasteiger partial charge is 0.225 e. The molecule has 0 saturated carbocycles. The highest BCUT2D eigenvalue weighted by Gasteiger charge is 2.14. The summed E-state index contributed by atoms with van der Waals surface area (Å²) < 4.78 is 18.5. The minimum absolute atomic E-state index is 0.112. The average Bonchev–Trinajstić information content (AvgIpc) is 3.14. The highest BCUT2D eigenvalue weighted by Crippen LogP contribution is 2.19. The summed E-state index contributed by atoms with van der Waals surface area (Å²) in [6.45, 7) is 1.97. The number of anilines is 1. The summed E-state index contributed by atoms with van der Waals surface area (Å²) in [6.07, 6.45) is 8.70. The van der Waals surface area contributed by atoms with Crippen LogP contribution >= 0.6 is 0 Å². The second-order valence-electron chi connectivity index (χ2n) is 5.56. The molecule has 1 aliphatic rings. The zero-order chi connectivity index (χ0) is 16.9. The van der Waals surface area contributed by atoms with E-state index in [4.69, 9.17) is 4.74 Å². The first kappa shape index (κ1) is 16.1. The molecular formula is C18H18FN3O2. The van der Waals surface area contributed by atoms with Gasteiger partial charge in [0.2, 0.25) is 5.95 Å². The monoisotopic (exact) mass is 327 g/mol. The molecule has 1 aromatic heterocycles. The number of ketones is 1. The van der Waals surface area contributed by atoms with Crippen molar-refractivity contribution in [3.8, 4) is 5.75 Å². The lowest BCUT2D eigenvalue weighted by molar-refractivity contribution is 0.104. The molecule has 3 rings (SSSR count). The summed E-state index contributed by atoms with van der Waals surface area (Å²) in [5, 5.41) is 0. The SMILES string of the molecule is COc1ccc(C(=O)/C=C/c2cnc(N3CCCC3)nc2)cc1F. The van der Waals surface area contributed by atoms with Crippen LogP contribution in [0.4, 0.5) is 10.3 Å². The predicted molar refractivity (Wildman–Crippen MR) is 89.8 cm³/mol. The third-order valence-electron chi connectivity index (χ3n) is 3.91. The van der Waals surface area contributed by atoms with Crippen LogP contribution in [0.1, 0.15) is 28.8 Å². The van der Waals surface area contributed by atoms with Gasteiger partial charge in [0.05, 0.1) is 7.11 Å². The van der Waals surface area contributed by atoms with Gasteiger partial charge in [-0.25, -0.2) is 14.4 Å². The largest absolute Gasteiger partial charge is 0.494 e. The van der Waals surface area contributed by atoms with Gasteiger partial charge in [0.15, 0.2) is 17.3 Å². The van der Waals surface area contributed by atoms with Gasteiger partial charge < -0.3 is 9.64 Å². The molecule has 0 amide bonds. The third kappa shape index (κ3) is 3.59. The number of allylic oxidation sites excluding steroid dienone is 1. The molecule has 0 radical (unpaired) electrons. The molecule has 0 aliphatic carbocycles. The van der Waals surface area contributed by atoms with Crippen molar-refractivity contribution < 1.29 is 13.9 Å². The second-order valence-corrected chi connectivity index (χ2v) is 5.56. The lowest BCUT2D eigenvalue weighted by Crippen LogP contribution is -2.20. The van der Waals surface area contributed by atoms with E-state index in [1.807, 2.05) is 0 Å². The lowest BCUT2D eigenvalue weighted by atomic mass is 10.1. The number of carbonyl (C=O) groups is 1. The summed E-state index contributed by atoms with van der Waals surface area (Å²) in [6, 6.07) is 4.13. The summed E-state index contributed by atoms with van der Waals surface area (Å²) in [4.78, 5) is 22.9. The van der Waals surface area contributed by atoms with E-state index in [0.717, 1.165) is 31.5 Å². The molecular weight excluding hydrogens is 309 g/mol. The number of ether oxygens (including phenoxy) is 1. The molecule has 1 aromatic carbocycles. The van der Waals surface area contributed by atoms with Gasteiger partial charge in [-0.2, -0.15) is 0 Å². The van der Waals surface area contributed by atoms with Crippen molar-refractivity contribution in [2.75, 3.05) is 25.1 Å². The number of hydrogen-bond acceptors (Lipinski definition) is 5. The first-order valence-electron chi connectivity index (χ1n) is 7.80. The van der Waals surface area contributed by atoms with Crippen molar-refractivity contribution in [3.05, 3.63) is 53.6 Å². The molecule has 5 nitrogen and oxygen atoms in total. The number of methoxy groups -OCH3 is 1. The van der Waals surface area contributed by atoms with E-state index in [1.54, 1.807) is 18.5 Å². The van der Waals surface area contributed by atoms with Crippen LogP contribution < -0.4 is 9.64 Å². The van der Waals surface area contributed by atoms with E-state index in [9.17, 15) is 9.18 Å². The lowest BCUT2D eigenvalue weighted by Gasteiger charge is -2.14. The summed E-state index contributed by atoms with van der Waals surface area (Å²) >= 11 is 0. The first-order chi connectivity index (χ1) is 11.7. The summed E-state index contributed by atoms with van der Waals surface area (Å²) in [5.41, 5.74) is 0.986. The van der Waals surface area contributed by atoms with Crippen molar-refractivity contribution >= 4 is 17.8 Å². The van der Waals surface area contributed by atoms with Crippen molar-refractivity contribution in [2.45, 2.75) is 12.8 Å². The Labute approximate surface area is 139 Å². The molecule has 2 aromatic rings. The van der Waals surface area contributed by atoms with Gasteiger partial charge in [0.1, 0.15) is 0 Å². The molecule has 1 aliphatic heterocycles. The standard InChI is InChI=1S/C18H18FN3O2/c1-24-17-7-5-14(10-15(17)19)16(23)6-4-13-11-20-18(21-12-13)22-8-2-3-9-22/h4-7,10-12H,2-3,8-9H2,1H3/b6-4+. The normalized spacial score (nSPS) is 14.3. The number of halogens is 1. The highest BCUT2D eigenvalue weighted by atomic mass is 19.1. The molecule has 0 atom stereocenters. The number of nitrogens with zero attached hydrogens (tertiary/aromatic N) is 3. The van der Waals surface area contributed by atoms with Crippen LogP contribution in [0.5, 0.6) is 5.75 Å². The van der Waals surface area contributed by atoms with Crippen molar-refractivity contribution in [1.29, 1.82) is 0 Å². The Hall–Kier alpha value is -2.76. The van der Waals surface area contributed by atoms with Gasteiger partial charge in [-0.05, 0) is 43.2 Å². The number of benzene rings is 1. The molecule has 6 heteroatoms. The molecule has 2 heterocycles. The Kier molecular flexibility index (Phi) is 4.84. The fourth-order valence-electron chi connectivity index (χ4n) is 2.59. The molecule has 0 unspecified atom stereocenters. The van der Waals surface area contributed by atoms with Crippen LogP contribution in [0.2, 0.25) is 0 Å². The number of rotatable bonds is 5. The average molecular weight is 327 g/mol. The van der Waals surface area contributed by atoms with E-state index < -0.39 is 5.82 Å². The van der Waals surface area contributed by atoms with Crippen molar-refractivity contribution in [1.82, 2.24) is 9.97 Å². The van der Waals surface area contributed by atoms with Crippen LogP contribution in [-0.4, -0.2) is 36.0 Å². The maximum atomic E-state index is 13.6. The van der Waals surface area contributed by atoms with Crippen molar-refractivity contribution in [2.24, 2.45) is 0 Å². The Morgan fingerprint density at radius 1 is 1.25 bits per heavy atom. The molecule has 124 valence electrons. The van der Waals surface area contributed by atoms with Gasteiger partial charge in [-0.3, -0.25) is 4.79 Å². The van der Waals surface area contributed by atoms with Gasteiger partial charge >= 0.3 is 0 Å². The molecule has 1 saturated heterocycles. The summed E-state index contributed by atoms with van der Waals surface area (Å²) in [7, 11) is 1.38. The maximum Gasteiger partial charge on any atom is 0.225 e. The van der Waals surface area contributed by atoms with Crippen molar-refractivity contribution in [3.63, 3.8) is 0 Å². The number of carbonyl (C=O) groups excluding carboxylic acids is 1. The van der Waals surface area contributed by atoms with Gasteiger partial charge in [-0.1, -0.05) is 0 Å². The number of hydrogen-bond donors (Lipinski definition) is 0. The minimum atomic E-state index is -0.560. The highest BCUT2D eigenvalue weighted by molar-refractivity contribution is 6.06. The maximum absolute atomic E-state index is 13.6. The quantitative estimate of drug-likeness (QED) is 0.624. The fourth-order valence-corrected chi connectivity index (χ4v) is 2.59. The van der Waals surface area contributed by atoms with Crippen LogP contribution in [0, 0.1) is 5.82 Å². The Bertz CT molecular complexity index is 753. The Morgan fingerprint density at radius 2 is 1.96 bits per heavy atom. The fraction of sp³-hybridized carbons (Fsp3) is 0.278. The predicted octanol–water partition coefficient (Wildman–Crippen LogP) is 3.12. The van der Waals surface area contributed by atoms with Gasteiger partial charge in [-0.15, -0.1) is 0 Å². The zero-order valence-corrected chi connectivity index (χ0v) is 13.4. The first-order valence-corrected chi connectivity index (χ1v) is 7.80. The van der Waals surface area contributed by atoms with E-state index in [0.29, 0.717) is 5.95 Å². The Morgan fingerprint density at radius 3 is 2.58 bits per heavy atom. The van der Waals surface area contributed by atoms with Crippen LogP contribution in [-0.2, 0) is 0 Å². The summed E-state index contributed by atoms with van der Waals surface area (Å²) in [5.74, 6) is -0.0233. The molecule has 0 bridgehead atoms. The van der Waals surface area contributed by atoms with Gasteiger partial charge in [0.25, 0.3) is 0 Å². The van der Waals surface area contributed by atoms with Gasteiger partial charge in [0, 0.05) is 36.6 Å². The zero-order valence-electron chi connectivity index (χ0n) is 13.4. The minimum Gasteiger partial charge on any atom is -0.494 e. The molecule has 0 N–H and O–H groups in total.